The molecule has 0 bridgehead atoms. The smallest absolute Gasteiger partial charge is 0.274 e. The van der Waals surface area contributed by atoms with Gasteiger partial charge in [-0.3, -0.25) is 4.79 Å². The van der Waals surface area contributed by atoms with E-state index in [1.54, 1.807) is 11.9 Å². The molecule has 2 heterocycles. The van der Waals surface area contributed by atoms with Gasteiger partial charge >= 0.3 is 0 Å². The number of hydrogen-bond acceptors (Lipinski definition) is 6. The molecule has 1 atom stereocenters. The number of sulfone groups is 1. The van der Waals surface area contributed by atoms with Gasteiger partial charge in [0, 0.05) is 26.2 Å². The molecule has 7 nitrogen and oxygen atoms in total. The van der Waals surface area contributed by atoms with Crippen LogP contribution in [0.1, 0.15) is 30.8 Å². The fraction of sp³-hybridized carbons (Fsp3) is 0.643. The first kappa shape index (κ1) is 16.7. The fourth-order valence-corrected chi connectivity index (χ4v) is 4.33. The molecular formula is C14H22N4O3S. The van der Waals surface area contributed by atoms with E-state index in [-0.39, 0.29) is 23.5 Å². The molecule has 1 unspecified atom stereocenters. The maximum absolute atomic E-state index is 12.2. The summed E-state index contributed by atoms with van der Waals surface area (Å²) in [6.45, 7) is 5.08. The summed E-state index contributed by atoms with van der Waals surface area (Å²) in [5.74, 6) is 0.799. The van der Waals surface area contributed by atoms with Crippen LogP contribution in [0.15, 0.2) is 12.4 Å². The minimum Gasteiger partial charge on any atom is -0.354 e. The molecule has 0 spiro atoms. The average molecular weight is 326 g/mol. The van der Waals surface area contributed by atoms with Gasteiger partial charge in [0.1, 0.15) is 11.5 Å². The van der Waals surface area contributed by atoms with E-state index in [9.17, 15) is 13.2 Å². The van der Waals surface area contributed by atoms with Crippen LogP contribution in [-0.2, 0) is 9.84 Å². The Labute approximate surface area is 131 Å². The molecule has 1 aliphatic heterocycles. The highest BCUT2D eigenvalue weighted by Crippen LogP contribution is 2.20. The fourth-order valence-electron chi connectivity index (χ4n) is 2.55. The average Bonchev–Trinajstić information content (AvgIpc) is 2.88. The van der Waals surface area contributed by atoms with Gasteiger partial charge in [-0.05, 0) is 20.3 Å². The van der Waals surface area contributed by atoms with Crippen LogP contribution in [0.5, 0.6) is 0 Å². The Bertz CT molecular complexity index is 626. The Hall–Kier alpha value is -1.70. The van der Waals surface area contributed by atoms with Gasteiger partial charge in [0.05, 0.1) is 23.9 Å². The molecule has 0 aromatic carbocycles. The standard InChI is InChI=1S/C14H22N4O3S/c1-4-18(5-2)14(19)12-8-16-13(9-15-12)17(3)11-6-7-22(20,21)10-11/h8-9,11H,4-7,10H2,1-3H3. The first-order valence-electron chi connectivity index (χ1n) is 7.42. The summed E-state index contributed by atoms with van der Waals surface area (Å²) in [6, 6.07) is -0.0800. The van der Waals surface area contributed by atoms with Gasteiger partial charge in [-0.25, -0.2) is 18.4 Å². The van der Waals surface area contributed by atoms with E-state index in [4.69, 9.17) is 0 Å². The second-order valence-corrected chi connectivity index (χ2v) is 7.63. The number of hydrogen-bond donors (Lipinski definition) is 0. The minimum atomic E-state index is -2.94. The van der Waals surface area contributed by atoms with Crippen LogP contribution in [0.4, 0.5) is 5.82 Å². The van der Waals surface area contributed by atoms with Crippen LogP contribution in [0.2, 0.25) is 0 Å². The molecule has 0 saturated carbocycles. The lowest BCUT2D eigenvalue weighted by atomic mass is 10.2. The highest BCUT2D eigenvalue weighted by atomic mass is 32.2. The van der Waals surface area contributed by atoms with Crippen LogP contribution in [-0.4, -0.2) is 66.9 Å². The van der Waals surface area contributed by atoms with Crippen molar-refractivity contribution in [3.63, 3.8) is 0 Å². The van der Waals surface area contributed by atoms with E-state index in [1.165, 1.54) is 12.4 Å². The van der Waals surface area contributed by atoms with E-state index in [2.05, 4.69) is 9.97 Å². The van der Waals surface area contributed by atoms with Crippen molar-refractivity contribution in [2.75, 3.05) is 36.5 Å². The summed E-state index contributed by atoms with van der Waals surface area (Å²) in [4.78, 5) is 24.1. The van der Waals surface area contributed by atoms with Crippen molar-refractivity contribution < 1.29 is 13.2 Å². The van der Waals surface area contributed by atoms with Gasteiger partial charge in [0.25, 0.3) is 5.91 Å². The summed E-state index contributed by atoms with van der Waals surface area (Å²) in [5.41, 5.74) is 0.305. The third-order valence-electron chi connectivity index (χ3n) is 4.03. The Kier molecular flexibility index (Phi) is 5.00. The second kappa shape index (κ2) is 6.60. The van der Waals surface area contributed by atoms with Gasteiger partial charge in [-0.2, -0.15) is 0 Å². The molecule has 1 aliphatic rings. The van der Waals surface area contributed by atoms with Crippen molar-refractivity contribution in [2.45, 2.75) is 26.3 Å². The quantitative estimate of drug-likeness (QED) is 0.787. The lowest BCUT2D eigenvalue weighted by Gasteiger charge is -2.24. The highest BCUT2D eigenvalue weighted by molar-refractivity contribution is 7.91. The lowest BCUT2D eigenvalue weighted by Crippen LogP contribution is -2.34. The summed E-state index contributed by atoms with van der Waals surface area (Å²) < 4.78 is 23.1. The van der Waals surface area contributed by atoms with E-state index < -0.39 is 9.84 Å². The number of rotatable bonds is 5. The number of carbonyl (C=O) groups is 1. The Balaban J connectivity index is 2.10. The first-order chi connectivity index (χ1) is 10.4. The predicted molar refractivity (Wildman–Crippen MR) is 84.7 cm³/mol. The van der Waals surface area contributed by atoms with E-state index in [0.717, 1.165) is 0 Å². The third kappa shape index (κ3) is 3.55. The number of amides is 1. The van der Waals surface area contributed by atoms with Crippen molar-refractivity contribution in [3.8, 4) is 0 Å². The zero-order chi connectivity index (χ0) is 16.3. The number of carbonyl (C=O) groups excluding carboxylic acids is 1. The predicted octanol–water partition coefficient (Wildman–Crippen LogP) is 0.582. The molecular weight excluding hydrogens is 304 g/mol. The van der Waals surface area contributed by atoms with Gasteiger partial charge < -0.3 is 9.80 Å². The Morgan fingerprint density at radius 2 is 1.95 bits per heavy atom. The summed E-state index contributed by atoms with van der Waals surface area (Å²) >= 11 is 0. The Morgan fingerprint density at radius 1 is 1.27 bits per heavy atom. The van der Waals surface area contributed by atoms with Gasteiger partial charge in [0.2, 0.25) is 0 Å². The van der Waals surface area contributed by atoms with Crippen LogP contribution in [0, 0.1) is 0 Å². The highest BCUT2D eigenvalue weighted by Gasteiger charge is 2.31. The molecule has 0 N–H and O–H groups in total. The van der Waals surface area contributed by atoms with Gasteiger partial charge in [-0.15, -0.1) is 0 Å². The molecule has 8 heteroatoms. The molecule has 0 radical (unpaired) electrons. The molecule has 1 amide bonds. The molecule has 1 aromatic rings. The molecule has 1 fully saturated rings. The van der Waals surface area contributed by atoms with Crippen molar-refractivity contribution in [1.82, 2.24) is 14.9 Å². The lowest BCUT2D eigenvalue weighted by molar-refractivity contribution is 0.0766. The van der Waals surface area contributed by atoms with Crippen molar-refractivity contribution in [3.05, 3.63) is 18.1 Å². The van der Waals surface area contributed by atoms with E-state index >= 15 is 0 Å². The van der Waals surface area contributed by atoms with Gasteiger partial charge in [0.15, 0.2) is 9.84 Å². The topological polar surface area (TPSA) is 83.5 Å². The number of aromatic nitrogens is 2. The molecule has 1 aromatic heterocycles. The largest absolute Gasteiger partial charge is 0.354 e. The minimum absolute atomic E-state index is 0.0800. The number of nitrogens with zero attached hydrogens (tertiary/aromatic N) is 4. The maximum Gasteiger partial charge on any atom is 0.274 e. The summed E-state index contributed by atoms with van der Waals surface area (Å²) in [6.07, 6.45) is 3.58. The Morgan fingerprint density at radius 3 is 2.41 bits per heavy atom. The third-order valence-corrected chi connectivity index (χ3v) is 5.78. The van der Waals surface area contributed by atoms with Crippen LogP contribution < -0.4 is 4.90 Å². The monoisotopic (exact) mass is 326 g/mol. The molecule has 0 aliphatic carbocycles. The summed E-state index contributed by atoms with van der Waals surface area (Å²) in [5, 5.41) is 0. The zero-order valence-electron chi connectivity index (χ0n) is 13.2. The van der Waals surface area contributed by atoms with Crippen LogP contribution >= 0.6 is 0 Å². The van der Waals surface area contributed by atoms with Crippen LogP contribution in [0.25, 0.3) is 0 Å². The van der Waals surface area contributed by atoms with Crippen LogP contribution in [0.3, 0.4) is 0 Å². The van der Waals surface area contributed by atoms with Gasteiger partial charge in [-0.1, -0.05) is 0 Å². The molecule has 22 heavy (non-hydrogen) atoms. The zero-order valence-corrected chi connectivity index (χ0v) is 14.0. The first-order valence-corrected chi connectivity index (χ1v) is 9.24. The maximum atomic E-state index is 12.2. The second-order valence-electron chi connectivity index (χ2n) is 5.41. The normalized spacial score (nSPS) is 19.9. The molecule has 2 rings (SSSR count). The molecule has 1 saturated heterocycles. The van der Waals surface area contributed by atoms with E-state index in [1.807, 2.05) is 18.7 Å². The van der Waals surface area contributed by atoms with Crippen molar-refractivity contribution >= 4 is 21.6 Å². The SMILES string of the molecule is CCN(CC)C(=O)c1cnc(N(C)C2CCS(=O)(=O)C2)cn1. The van der Waals surface area contributed by atoms with Crippen molar-refractivity contribution in [2.24, 2.45) is 0 Å². The van der Waals surface area contributed by atoms with Crippen molar-refractivity contribution in [1.29, 1.82) is 0 Å². The summed E-state index contributed by atoms with van der Waals surface area (Å²) in [7, 11) is -1.13. The number of anilines is 1. The molecule has 122 valence electrons. The van der Waals surface area contributed by atoms with E-state index in [0.29, 0.717) is 31.0 Å².